The van der Waals surface area contributed by atoms with E-state index in [0.717, 1.165) is 17.0 Å². The average molecular weight is 381 g/mol. The van der Waals surface area contributed by atoms with Gasteiger partial charge in [-0.15, -0.1) is 0 Å². The molecule has 0 aliphatic rings. The number of aromatic amines is 1. The summed E-state index contributed by atoms with van der Waals surface area (Å²) in [6, 6.07) is 3.32. The Balaban J connectivity index is 1.78. The highest BCUT2D eigenvalue weighted by atomic mass is 19.4. The molecule has 0 fully saturated rings. The lowest BCUT2D eigenvalue weighted by Gasteiger charge is -2.15. The van der Waals surface area contributed by atoms with Crippen molar-refractivity contribution in [2.45, 2.75) is 39.8 Å². The van der Waals surface area contributed by atoms with Crippen LogP contribution in [0.25, 0.3) is 11.4 Å². The highest BCUT2D eigenvalue weighted by Crippen LogP contribution is 2.32. The molecular weight excluding hydrogens is 363 g/mol. The molecule has 10 heteroatoms. The van der Waals surface area contributed by atoms with Crippen molar-refractivity contribution in [2.24, 2.45) is 0 Å². The third-order valence-corrected chi connectivity index (χ3v) is 3.92. The fourth-order valence-electron chi connectivity index (χ4n) is 2.63. The van der Waals surface area contributed by atoms with Gasteiger partial charge in [-0.1, -0.05) is 12.1 Å². The first-order valence-electron chi connectivity index (χ1n) is 8.19. The minimum absolute atomic E-state index is 0.0278. The number of nitrogens with zero attached hydrogens (tertiary/aromatic N) is 4. The van der Waals surface area contributed by atoms with Crippen molar-refractivity contribution in [2.75, 3.05) is 6.61 Å². The third kappa shape index (κ3) is 4.09. The molecule has 3 rings (SSSR count). The number of benzene rings is 1. The van der Waals surface area contributed by atoms with Crippen LogP contribution in [0.1, 0.15) is 41.5 Å². The summed E-state index contributed by atoms with van der Waals surface area (Å²) in [4.78, 5) is 7.69. The number of hydrogen-bond acceptors (Lipinski definition) is 6. The second-order valence-electron chi connectivity index (χ2n) is 6.35. The minimum atomic E-state index is -4.67. The lowest BCUT2D eigenvalue weighted by Crippen LogP contribution is -2.10. The van der Waals surface area contributed by atoms with Gasteiger partial charge in [-0.3, -0.25) is 5.10 Å². The van der Waals surface area contributed by atoms with Crippen LogP contribution in [0.3, 0.4) is 0 Å². The zero-order valence-electron chi connectivity index (χ0n) is 15.2. The van der Waals surface area contributed by atoms with Crippen LogP contribution in [0, 0.1) is 20.8 Å². The molecule has 0 saturated carbocycles. The van der Waals surface area contributed by atoms with Crippen molar-refractivity contribution in [1.82, 2.24) is 25.3 Å². The summed E-state index contributed by atoms with van der Waals surface area (Å²) < 4.78 is 48.1. The summed E-state index contributed by atoms with van der Waals surface area (Å²) in [5.41, 5.74) is 1.93. The molecule has 0 saturated heterocycles. The van der Waals surface area contributed by atoms with Crippen molar-refractivity contribution in [3.63, 3.8) is 0 Å². The van der Waals surface area contributed by atoms with Crippen LogP contribution in [0.15, 0.2) is 16.7 Å². The molecule has 1 atom stereocenters. The molecule has 27 heavy (non-hydrogen) atoms. The molecule has 2 aromatic heterocycles. The molecule has 0 aliphatic heterocycles. The van der Waals surface area contributed by atoms with E-state index in [1.165, 1.54) is 0 Å². The quantitative estimate of drug-likeness (QED) is 0.719. The Hall–Kier alpha value is -2.91. The number of aryl methyl sites for hydroxylation is 3. The van der Waals surface area contributed by atoms with Gasteiger partial charge in [-0.25, -0.2) is 4.98 Å². The number of ether oxygens (including phenoxy) is 1. The monoisotopic (exact) mass is 381 g/mol. The molecule has 0 spiro atoms. The number of aromatic nitrogens is 5. The molecule has 0 radical (unpaired) electrons. The van der Waals surface area contributed by atoms with Gasteiger partial charge < -0.3 is 9.26 Å². The van der Waals surface area contributed by atoms with Gasteiger partial charge >= 0.3 is 12.1 Å². The summed E-state index contributed by atoms with van der Waals surface area (Å²) >= 11 is 0. The molecular formula is C17H18F3N5O2. The molecule has 1 unspecified atom stereocenters. The van der Waals surface area contributed by atoms with E-state index in [2.05, 4.69) is 29.8 Å². The summed E-state index contributed by atoms with van der Waals surface area (Å²) in [5.74, 6) is 0.517. The molecule has 144 valence electrons. The van der Waals surface area contributed by atoms with Gasteiger partial charge in [0.1, 0.15) is 11.6 Å². The predicted octanol–water partition coefficient (Wildman–Crippen LogP) is 3.98. The van der Waals surface area contributed by atoms with E-state index in [1.54, 1.807) is 26.0 Å². The van der Waals surface area contributed by atoms with Gasteiger partial charge in [0, 0.05) is 5.56 Å². The fraction of sp³-hybridized carbons (Fsp3) is 0.412. The van der Waals surface area contributed by atoms with Crippen LogP contribution >= 0.6 is 0 Å². The third-order valence-electron chi connectivity index (χ3n) is 3.92. The number of alkyl halides is 3. The molecule has 0 aliphatic carbocycles. The molecule has 3 aromatic rings. The highest BCUT2D eigenvalue weighted by Gasteiger charge is 2.38. The van der Waals surface area contributed by atoms with E-state index in [-0.39, 0.29) is 11.7 Å². The first-order chi connectivity index (χ1) is 12.6. The summed E-state index contributed by atoms with van der Waals surface area (Å²) in [6.07, 6.45) is -4.67. The van der Waals surface area contributed by atoms with E-state index in [4.69, 9.17) is 4.74 Å². The van der Waals surface area contributed by atoms with Crippen molar-refractivity contribution >= 4 is 0 Å². The van der Waals surface area contributed by atoms with Crippen LogP contribution in [0.4, 0.5) is 13.2 Å². The smallest absolute Gasteiger partial charge is 0.471 e. The first kappa shape index (κ1) is 18.9. The molecule has 1 aromatic carbocycles. The maximum Gasteiger partial charge on any atom is 0.471 e. The number of nitrogens with one attached hydrogen (secondary N) is 1. The van der Waals surface area contributed by atoms with E-state index in [9.17, 15) is 13.2 Å². The lowest BCUT2D eigenvalue weighted by atomic mass is 10.0. The molecule has 7 nitrogen and oxygen atoms in total. The number of hydrogen-bond donors (Lipinski definition) is 1. The van der Waals surface area contributed by atoms with E-state index < -0.39 is 12.1 Å². The molecule has 2 heterocycles. The van der Waals surface area contributed by atoms with Crippen molar-refractivity contribution < 1.29 is 22.4 Å². The standard InChI is InChI=1S/C17H18F3N5O2/c1-8-5-12(15-22-16(27-25-15)17(18,19)20)6-9(2)13(8)26-7-10(3)14-21-11(4)23-24-14/h5-6,10H,7H2,1-4H3,(H,21,23,24). The first-order valence-corrected chi connectivity index (χ1v) is 8.19. The minimum Gasteiger partial charge on any atom is -0.492 e. The summed E-state index contributed by atoms with van der Waals surface area (Å²) in [6.45, 7) is 7.73. The van der Waals surface area contributed by atoms with Crippen LogP contribution in [0.5, 0.6) is 5.75 Å². The van der Waals surface area contributed by atoms with Crippen molar-refractivity contribution in [1.29, 1.82) is 0 Å². The van der Waals surface area contributed by atoms with Gasteiger partial charge in [0.05, 0.1) is 12.5 Å². The second-order valence-corrected chi connectivity index (χ2v) is 6.35. The molecule has 0 bridgehead atoms. The largest absolute Gasteiger partial charge is 0.492 e. The van der Waals surface area contributed by atoms with Crippen molar-refractivity contribution in [3.8, 4) is 17.1 Å². The SMILES string of the molecule is Cc1nc(C(C)COc2c(C)cc(-c3noc(C(F)(F)F)n3)cc2C)n[nH]1. The highest BCUT2D eigenvalue weighted by molar-refractivity contribution is 5.61. The van der Waals surface area contributed by atoms with Crippen molar-refractivity contribution in [3.05, 3.63) is 40.8 Å². The van der Waals surface area contributed by atoms with E-state index >= 15 is 0 Å². The topological polar surface area (TPSA) is 89.7 Å². The van der Waals surface area contributed by atoms with Gasteiger partial charge in [-0.2, -0.15) is 23.3 Å². The van der Waals surface area contributed by atoms with Gasteiger partial charge in [-0.05, 0) is 44.0 Å². The van der Waals surface area contributed by atoms with Crippen LogP contribution in [0.2, 0.25) is 0 Å². The maximum absolute atomic E-state index is 12.6. The lowest BCUT2D eigenvalue weighted by molar-refractivity contribution is -0.159. The Morgan fingerprint density at radius 3 is 2.33 bits per heavy atom. The molecule has 0 amide bonds. The fourth-order valence-corrected chi connectivity index (χ4v) is 2.63. The van der Waals surface area contributed by atoms with Gasteiger partial charge in [0.2, 0.25) is 5.82 Å². The Morgan fingerprint density at radius 2 is 1.81 bits per heavy atom. The van der Waals surface area contributed by atoms with Gasteiger partial charge in [0.15, 0.2) is 5.82 Å². The Labute approximate surface area is 153 Å². The maximum atomic E-state index is 12.6. The Morgan fingerprint density at radius 1 is 1.15 bits per heavy atom. The zero-order valence-corrected chi connectivity index (χ0v) is 15.2. The second kappa shape index (κ2) is 7.01. The summed E-state index contributed by atoms with van der Waals surface area (Å²) in [7, 11) is 0. The summed E-state index contributed by atoms with van der Waals surface area (Å²) in [5, 5.41) is 10.3. The van der Waals surface area contributed by atoms with E-state index in [0.29, 0.717) is 23.7 Å². The van der Waals surface area contributed by atoms with Gasteiger partial charge in [0.25, 0.3) is 0 Å². The van der Waals surface area contributed by atoms with Crippen LogP contribution in [-0.2, 0) is 6.18 Å². The Kier molecular flexibility index (Phi) is 4.90. The number of rotatable bonds is 5. The number of H-pyrrole nitrogens is 1. The normalized spacial score (nSPS) is 13.0. The van der Waals surface area contributed by atoms with E-state index in [1.807, 2.05) is 13.8 Å². The van der Waals surface area contributed by atoms with Crippen LogP contribution < -0.4 is 4.74 Å². The Bertz CT molecular complexity index is 925. The number of halogens is 3. The average Bonchev–Trinajstić information content (AvgIpc) is 3.22. The van der Waals surface area contributed by atoms with Crippen LogP contribution in [-0.4, -0.2) is 31.9 Å². The molecule has 1 N–H and O–H groups in total. The predicted molar refractivity (Wildman–Crippen MR) is 89.2 cm³/mol. The zero-order chi connectivity index (χ0) is 19.8.